The maximum atomic E-state index is 13.6. The molecule has 0 unspecified atom stereocenters. The van der Waals surface area contributed by atoms with Gasteiger partial charge in [-0.15, -0.1) is 0 Å². The molecule has 0 atom stereocenters. The molecule has 1 amide bonds. The topological polar surface area (TPSA) is 45.2 Å². The fraction of sp³-hybridized carbons (Fsp3) is 0.294. The summed E-state index contributed by atoms with van der Waals surface area (Å²) in [6.07, 6.45) is 4.02. The Hall–Kier alpha value is -2.50. The smallest absolute Gasteiger partial charge is 0.254 e. The van der Waals surface area contributed by atoms with E-state index in [-0.39, 0.29) is 12.1 Å². The maximum absolute atomic E-state index is 13.6. The Labute approximate surface area is 133 Å². The third kappa shape index (κ3) is 3.64. The quantitative estimate of drug-likeness (QED) is 0.943. The summed E-state index contributed by atoms with van der Waals surface area (Å²) in [7, 11) is 0. The number of aromatic nitrogens is 1. The van der Waals surface area contributed by atoms with Crippen molar-refractivity contribution in [2.75, 3.05) is 18.0 Å². The van der Waals surface area contributed by atoms with Crippen LogP contribution in [0.15, 0.2) is 36.5 Å². The zero-order valence-corrected chi connectivity index (χ0v) is 12.6. The lowest BCUT2D eigenvalue weighted by atomic mass is 10.2. The summed E-state index contributed by atoms with van der Waals surface area (Å²) in [5.74, 6) is -1.25. The van der Waals surface area contributed by atoms with Gasteiger partial charge in [0.25, 0.3) is 5.91 Å². The van der Waals surface area contributed by atoms with Crippen molar-refractivity contribution in [1.29, 1.82) is 0 Å². The summed E-state index contributed by atoms with van der Waals surface area (Å²) < 4.78 is 26.4. The Morgan fingerprint density at radius 3 is 2.70 bits per heavy atom. The Morgan fingerprint density at radius 2 is 1.96 bits per heavy atom. The minimum Gasteiger partial charge on any atom is -0.357 e. The van der Waals surface area contributed by atoms with E-state index in [1.165, 1.54) is 0 Å². The first kappa shape index (κ1) is 15.4. The third-order valence-corrected chi connectivity index (χ3v) is 3.87. The first-order chi connectivity index (χ1) is 11.1. The summed E-state index contributed by atoms with van der Waals surface area (Å²) >= 11 is 0. The van der Waals surface area contributed by atoms with E-state index < -0.39 is 17.5 Å². The molecule has 3 rings (SSSR count). The highest BCUT2D eigenvalue weighted by Crippen LogP contribution is 2.18. The summed E-state index contributed by atoms with van der Waals surface area (Å²) in [6, 6.07) is 6.64. The molecule has 1 aromatic heterocycles. The van der Waals surface area contributed by atoms with Crippen LogP contribution in [-0.4, -0.2) is 24.0 Å². The number of anilines is 1. The summed E-state index contributed by atoms with van der Waals surface area (Å²) in [6.45, 7) is 2.24. The van der Waals surface area contributed by atoms with E-state index in [0.29, 0.717) is 6.07 Å². The van der Waals surface area contributed by atoms with Gasteiger partial charge < -0.3 is 10.2 Å². The molecule has 4 nitrogen and oxygen atoms in total. The van der Waals surface area contributed by atoms with Crippen molar-refractivity contribution in [2.24, 2.45) is 0 Å². The van der Waals surface area contributed by atoms with Crippen LogP contribution in [0.2, 0.25) is 0 Å². The number of hydrogen-bond donors (Lipinski definition) is 1. The fourth-order valence-electron chi connectivity index (χ4n) is 2.64. The minimum atomic E-state index is -0.866. The van der Waals surface area contributed by atoms with Crippen LogP contribution in [-0.2, 0) is 6.54 Å². The third-order valence-electron chi connectivity index (χ3n) is 3.87. The predicted molar refractivity (Wildman–Crippen MR) is 83.2 cm³/mol. The SMILES string of the molecule is O=C(NCc1ccnc(N2CCCC2)c1)c1ccc(F)cc1F. The van der Waals surface area contributed by atoms with Crippen molar-refractivity contribution in [2.45, 2.75) is 19.4 Å². The molecule has 0 bridgehead atoms. The Morgan fingerprint density at radius 1 is 1.17 bits per heavy atom. The molecule has 0 spiro atoms. The van der Waals surface area contributed by atoms with Crippen LogP contribution in [0.25, 0.3) is 0 Å². The Kier molecular flexibility index (Phi) is 4.50. The number of hydrogen-bond acceptors (Lipinski definition) is 3. The number of nitrogens with zero attached hydrogens (tertiary/aromatic N) is 2. The molecule has 0 radical (unpaired) electrons. The van der Waals surface area contributed by atoms with E-state index in [9.17, 15) is 13.6 Å². The van der Waals surface area contributed by atoms with Gasteiger partial charge in [0, 0.05) is 31.9 Å². The van der Waals surface area contributed by atoms with Crippen molar-refractivity contribution in [3.8, 4) is 0 Å². The number of nitrogens with one attached hydrogen (secondary N) is 1. The molecule has 6 heteroatoms. The van der Waals surface area contributed by atoms with Crippen LogP contribution < -0.4 is 10.2 Å². The average Bonchev–Trinajstić information content (AvgIpc) is 3.07. The van der Waals surface area contributed by atoms with Crippen molar-refractivity contribution in [1.82, 2.24) is 10.3 Å². The first-order valence-corrected chi connectivity index (χ1v) is 7.56. The van der Waals surface area contributed by atoms with Gasteiger partial charge in [0.1, 0.15) is 17.5 Å². The standard InChI is InChI=1S/C17H17F2N3O/c18-13-3-4-14(15(19)10-13)17(23)21-11-12-5-6-20-16(9-12)22-7-1-2-8-22/h3-6,9-10H,1-2,7-8,11H2,(H,21,23). The van der Waals surface area contributed by atoms with Crippen molar-refractivity contribution in [3.63, 3.8) is 0 Å². The van der Waals surface area contributed by atoms with Gasteiger partial charge in [-0.3, -0.25) is 4.79 Å². The summed E-state index contributed by atoms with van der Waals surface area (Å²) in [4.78, 5) is 18.5. The molecule has 1 aliphatic heterocycles. The van der Waals surface area contributed by atoms with Crippen molar-refractivity contribution in [3.05, 3.63) is 59.3 Å². The van der Waals surface area contributed by atoms with Gasteiger partial charge in [-0.1, -0.05) is 0 Å². The molecule has 1 fully saturated rings. The number of carbonyl (C=O) groups excluding carboxylic acids is 1. The van der Waals surface area contributed by atoms with Crippen LogP contribution in [0, 0.1) is 11.6 Å². The van der Waals surface area contributed by atoms with Crippen molar-refractivity contribution < 1.29 is 13.6 Å². The van der Waals surface area contributed by atoms with Gasteiger partial charge in [0.2, 0.25) is 0 Å². The Balaban J connectivity index is 1.65. The molecular formula is C17H17F2N3O. The molecule has 0 saturated carbocycles. The van der Waals surface area contributed by atoms with E-state index in [0.717, 1.165) is 49.4 Å². The zero-order valence-electron chi connectivity index (χ0n) is 12.6. The second-order valence-electron chi connectivity index (χ2n) is 5.52. The van der Waals surface area contributed by atoms with Gasteiger partial charge in [-0.05, 0) is 42.7 Å². The number of pyridine rings is 1. The number of halogens is 2. The van der Waals surface area contributed by atoms with Crippen molar-refractivity contribution >= 4 is 11.7 Å². The number of amides is 1. The molecule has 1 aliphatic rings. The van der Waals surface area contributed by atoms with Gasteiger partial charge >= 0.3 is 0 Å². The fourth-order valence-corrected chi connectivity index (χ4v) is 2.64. The first-order valence-electron chi connectivity index (χ1n) is 7.56. The van der Waals surface area contributed by atoms with Crippen LogP contribution in [0.4, 0.5) is 14.6 Å². The molecule has 2 aromatic rings. The predicted octanol–water partition coefficient (Wildman–Crippen LogP) is 2.89. The Bertz CT molecular complexity index is 715. The summed E-state index contributed by atoms with van der Waals surface area (Å²) in [5, 5.41) is 2.65. The second kappa shape index (κ2) is 6.73. The van der Waals surface area contributed by atoms with E-state index in [2.05, 4.69) is 15.2 Å². The van der Waals surface area contributed by atoms with Gasteiger partial charge in [0.05, 0.1) is 5.56 Å². The van der Waals surface area contributed by atoms with Crippen LogP contribution in [0.5, 0.6) is 0 Å². The van der Waals surface area contributed by atoms with Crippen LogP contribution >= 0.6 is 0 Å². The molecule has 1 N–H and O–H groups in total. The zero-order chi connectivity index (χ0) is 16.2. The monoisotopic (exact) mass is 317 g/mol. The van der Waals surface area contributed by atoms with Gasteiger partial charge in [-0.25, -0.2) is 13.8 Å². The average molecular weight is 317 g/mol. The number of rotatable bonds is 4. The lowest BCUT2D eigenvalue weighted by molar-refractivity contribution is 0.0947. The van der Waals surface area contributed by atoms with E-state index in [4.69, 9.17) is 0 Å². The lowest BCUT2D eigenvalue weighted by Gasteiger charge is -2.17. The minimum absolute atomic E-state index is 0.166. The van der Waals surface area contributed by atoms with Crippen LogP contribution in [0.1, 0.15) is 28.8 Å². The molecule has 2 heterocycles. The second-order valence-corrected chi connectivity index (χ2v) is 5.52. The highest BCUT2D eigenvalue weighted by molar-refractivity contribution is 5.94. The normalized spacial score (nSPS) is 14.1. The molecule has 120 valence electrons. The van der Waals surface area contributed by atoms with Gasteiger partial charge in [0.15, 0.2) is 0 Å². The van der Waals surface area contributed by atoms with E-state index >= 15 is 0 Å². The van der Waals surface area contributed by atoms with Gasteiger partial charge in [-0.2, -0.15) is 0 Å². The highest BCUT2D eigenvalue weighted by atomic mass is 19.1. The molecule has 1 saturated heterocycles. The molecule has 0 aliphatic carbocycles. The summed E-state index contributed by atoms with van der Waals surface area (Å²) in [5.41, 5.74) is 0.720. The maximum Gasteiger partial charge on any atom is 0.254 e. The largest absolute Gasteiger partial charge is 0.357 e. The molecular weight excluding hydrogens is 300 g/mol. The number of carbonyl (C=O) groups is 1. The highest BCUT2D eigenvalue weighted by Gasteiger charge is 2.15. The lowest BCUT2D eigenvalue weighted by Crippen LogP contribution is -2.24. The molecule has 23 heavy (non-hydrogen) atoms. The van der Waals surface area contributed by atoms with E-state index in [1.807, 2.05) is 6.07 Å². The van der Waals surface area contributed by atoms with E-state index in [1.54, 1.807) is 12.3 Å². The number of benzene rings is 1. The van der Waals surface area contributed by atoms with Crippen LogP contribution in [0.3, 0.4) is 0 Å². The molecule has 1 aromatic carbocycles.